The molecule has 18 heavy (non-hydrogen) atoms. The van der Waals surface area contributed by atoms with E-state index in [1.807, 2.05) is 6.92 Å². The predicted octanol–water partition coefficient (Wildman–Crippen LogP) is 0.0652. The molecule has 0 aliphatic carbocycles. The van der Waals surface area contributed by atoms with Crippen LogP contribution >= 0.6 is 0 Å². The van der Waals surface area contributed by atoms with E-state index < -0.39 is 0 Å². The third-order valence-corrected chi connectivity index (χ3v) is 4.07. The summed E-state index contributed by atoms with van der Waals surface area (Å²) in [5.41, 5.74) is 0. The summed E-state index contributed by atoms with van der Waals surface area (Å²) in [4.78, 5) is 27.9. The highest BCUT2D eigenvalue weighted by molar-refractivity contribution is 5.94. The molecule has 1 N–H and O–H groups in total. The Kier molecular flexibility index (Phi) is 4.22. The summed E-state index contributed by atoms with van der Waals surface area (Å²) >= 11 is 0. The number of nitrogens with one attached hydrogen (secondary N) is 1. The Morgan fingerprint density at radius 1 is 1.33 bits per heavy atom. The molecule has 2 aliphatic heterocycles. The van der Waals surface area contributed by atoms with Gasteiger partial charge in [0.25, 0.3) is 0 Å². The highest BCUT2D eigenvalue weighted by Gasteiger charge is 2.35. The van der Waals surface area contributed by atoms with Crippen molar-refractivity contribution in [2.45, 2.75) is 32.7 Å². The second-order valence-corrected chi connectivity index (χ2v) is 5.24. The molecule has 2 atom stereocenters. The molecule has 0 saturated carbocycles. The van der Waals surface area contributed by atoms with Crippen LogP contribution in [0.3, 0.4) is 0 Å². The number of piperazine rings is 1. The fourth-order valence-corrected chi connectivity index (χ4v) is 2.96. The molecule has 2 saturated heterocycles. The fraction of sp³-hybridized carbons (Fsp3) is 0.846. The van der Waals surface area contributed by atoms with Crippen LogP contribution in [0.15, 0.2) is 0 Å². The minimum absolute atomic E-state index is 0.00226. The zero-order chi connectivity index (χ0) is 13.1. The van der Waals surface area contributed by atoms with Crippen molar-refractivity contribution in [1.29, 1.82) is 0 Å². The van der Waals surface area contributed by atoms with Gasteiger partial charge in [-0.3, -0.25) is 9.59 Å². The van der Waals surface area contributed by atoms with Crippen LogP contribution in [0.25, 0.3) is 0 Å². The lowest BCUT2D eigenvalue weighted by Crippen LogP contribution is -2.59. The molecule has 2 aliphatic rings. The van der Waals surface area contributed by atoms with E-state index >= 15 is 0 Å². The number of likely N-dealkylation sites (tertiary alicyclic amines) is 1. The van der Waals surface area contributed by atoms with E-state index in [4.69, 9.17) is 0 Å². The van der Waals surface area contributed by atoms with Crippen molar-refractivity contribution >= 4 is 11.8 Å². The van der Waals surface area contributed by atoms with Gasteiger partial charge in [-0.1, -0.05) is 13.8 Å². The Hall–Kier alpha value is -1.10. The summed E-state index contributed by atoms with van der Waals surface area (Å²) in [7, 11) is 0. The Bertz CT molecular complexity index is 332. The molecule has 0 aromatic heterocycles. The summed E-state index contributed by atoms with van der Waals surface area (Å²) in [5.74, 6) is 0.590. The maximum atomic E-state index is 11.9. The fourth-order valence-electron chi connectivity index (χ4n) is 2.96. The Labute approximate surface area is 108 Å². The van der Waals surface area contributed by atoms with Gasteiger partial charge < -0.3 is 15.1 Å². The molecule has 2 fully saturated rings. The second kappa shape index (κ2) is 5.69. The average Bonchev–Trinajstić information content (AvgIpc) is 2.82. The first kappa shape index (κ1) is 13.3. The van der Waals surface area contributed by atoms with Crippen molar-refractivity contribution in [3.63, 3.8) is 0 Å². The van der Waals surface area contributed by atoms with Gasteiger partial charge in [0.05, 0.1) is 6.54 Å². The first-order chi connectivity index (χ1) is 8.65. The van der Waals surface area contributed by atoms with Crippen molar-refractivity contribution in [3.8, 4) is 0 Å². The normalized spacial score (nSPS) is 29.8. The van der Waals surface area contributed by atoms with Gasteiger partial charge >= 0.3 is 0 Å². The van der Waals surface area contributed by atoms with Gasteiger partial charge in [-0.2, -0.15) is 0 Å². The standard InChI is InChI=1S/C13H23N3O2/c1-3-11-13(18)14-7-12(17)16(11)9-10-5-6-15(4-2)8-10/h10-11H,3-9H2,1-2H3,(H,14,18). The molecule has 0 bridgehead atoms. The van der Waals surface area contributed by atoms with Gasteiger partial charge in [0.1, 0.15) is 6.04 Å². The Balaban J connectivity index is 1.97. The number of carbonyl (C=O) groups is 2. The largest absolute Gasteiger partial charge is 0.345 e. The van der Waals surface area contributed by atoms with Gasteiger partial charge in [-0.15, -0.1) is 0 Å². The summed E-state index contributed by atoms with van der Waals surface area (Å²) in [6.07, 6.45) is 1.83. The van der Waals surface area contributed by atoms with Crippen LogP contribution in [0.4, 0.5) is 0 Å². The number of carbonyl (C=O) groups excluding carboxylic acids is 2. The molecule has 2 heterocycles. The molecular weight excluding hydrogens is 230 g/mol. The van der Waals surface area contributed by atoms with E-state index in [9.17, 15) is 9.59 Å². The maximum Gasteiger partial charge on any atom is 0.243 e. The Morgan fingerprint density at radius 2 is 2.11 bits per heavy atom. The van der Waals surface area contributed by atoms with E-state index in [1.165, 1.54) is 0 Å². The molecule has 2 rings (SSSR count). The van der Waals surface area contributed by atoms with Gasteiger partial charge in [0.2, 0.25) is 11.8 Å². The number of hydrogen-bond donors (Lipinski definition) is 1. The molecule has 0 aromatic rings. The van der Waals surface area contributed by atoms with Crippen molar-refractivity contribution < 1.29 is 9.59 Å². The number of rotatable bonds is 4. The molecular formula is C13H23N3O2. The van der Waals surface area contributed by atoms with E-state index in [0.29, 0.717) is 12.3 Å². The minimum Gasteiger partial charge on any atom is -0.345 e. The van der Waals surface area contributed by atoms with E-state index in [0.717, 1.165) is 32.6 Å². The molecule has 2 amide bonds. The highest BCUT2D eigenvalue weighted by atomic mass is 16.2. The quantitative estimate of drug-likeness (QED) is 0.771. The van der Waals surface area contributed by atoms with E-state index in [2.05, 4.69) is 17.1 Å². The summed E-state index contributed by atoms with van der Waals surface area (Å²) in [5, 5.41) is 2.67. The lowest BCUT2D eigenvalue weighted by atomic mass is 10.0. The zero-order valence-corrected chi connectivity index (χ0v) is 11.3. The number of amides is 2. The van der Waals surface area contributed by atoms with Crippen LogP contribution < -0.4 is 5.32 Å². The monoisotopic (exact) mass is 253 g/mol. The lowest BCUT2D eigenvalue weighted by Gasteiger charge is -2.36. The Morgan fingerprint density at radius 3 is 2.72 bits per heavy atom. The minimum atomic E-state index is -0.262. The third-order valence-electron chi connectivity index (χ3n) is 4.07. The highest BCUT2D eigenvalue weighted by Crippen LogP contribution is 2.20. The van der Waals surface area contributed by atoms with Gasteiger partial charge in [-0.05, 0) is 31.8 Å². The van der Waals surface area contributed by atoms with Crippen LogP contribution in [0, 0.1) is 5.92 Å². The lowest BCUT2D eigenvalue weighted by molar-refractivity contribution is -0.146. The molecule has 0 radical (unpaired) electrons. The SMILES string of the molecule is CCC1C(=O)NCC(=O)N1CC1CCN(CC)C1. The van der Waals surface area contributed by atoms with Crippen LogP contribution in [0.5, 0.6) is 0 Å². The molecule has 102 valence electrons. The van der Waals surface area contributed by atoms with Gasteiger partial charge in [0, 0.05) is 13.1 Å². The van der Waals surface area contributed by atoms with E-state index in [1.54, 1.807) is 4.90 Å². The van der Waals surface area contributed by atoms with Crippen LogP contribution in [-0.4, -0.2) is 60.4 Å². The second-order valence-electron chi connectivity index (χ2n) is 5.24. The van der Waals surface area contributed by atoms with Crippen molar-refractivity contribution in [2.24, 2.45) is 5.92 Å². The van der Waals surface area contributed by atoms with Gasteiger partial charge in [-0.25, -0.2) is 0 Å². The van der Waals surface area contributed by atoms with Crippen molar-refractivity contribution in [2.75, 3.05) is 32.7 Å². The van der Waals surface area contributed by atoms with E-state index in [-0.39, 0.29) is 24.4 Å². The zero-order valence-electron chi connectivity index (χ0n) is 11.3. The number of nitrogens with zero attached hydrogens (tertiary/aromatic N) is 2. The first-order valence-corrected chi connectivity index (χ1v) is 6.95. The smallest absolute Gasteiger partial charge is 0.243 e. The first-order valence-electron chi connectivity index (χ1n) is 6.95. The molecule has 0 spiro atoms. The molecule has 0 aromatic carbocycles. The van der Waals surface area contributed by atoms with Crippen molar-refractivity contribution in [3.05, 3.63) is 0 Å². The third kappa shape index (κ3) is 2.66. The van der Waals surface area contributed by atoms with Crippen molar-refractivity contribution in [1.82, 2.24) is 15.1 Å². The average molecular weight is 253 g/mol. The molecule has 2 unspecified atom stereocenters. The van der Waals surface area contributed by atoms with Gasteiger partial charge in [0.15, 0.2) is 0 Å². The van der Waals surface area contributed by atoms with Crippen LogP contribution in [0.1, 0.15) is 26.7 Å². The predicted molar refractivity (Wildman–Crippen MR) is 69.0 cm³/mol. The summed E-state index contributed by atoms with van der Waals surface area (Å²) in [6.45, 7) is 8.27. The topological polar surface area (TPSA) is 52.7 Å². The van der Waals surface area contributed by atoms with Crippen LogP contribution in [0.2, 0.25) is 0 Å². The maximum absolute atomic E-state index is 11.9. The molecule has 5 nitrogen and oxygen atoms in total. The summed E-state index contributed by atoms with van der Waals surface area (Å²) in [6, 6.07) is -0.262. The summed E-state index contributed by atoms with van der Waals surface area (Å²) < 4.78 is 0. The molecule has 5 heteroatoms. The van der Waals surface area contributed by atoms with Crippen LogP contribution in [-0.2, 0) is 9.59 Å². The number of hydrogen-bond acceptors (Lipinski definition) is 3.